The Kier molecular flexibility index (Phi) is 3.97. The van der Waals surface area contributed by atoms with Crippen LogP contribution in [-0.2, 0) is 9.59 Å². The number of alkyl halides is 3. The lowest BCUT2D eigenvalue weighted by atomic mass is 9.96. The molecule has 1 heterocycles. The smallest absolute Gasteiger partial charge is 0.342 e. The molecule has 7 heteroatoms. The lowest BCUT2D eigenvalue weighted by molar-refractivity contribution is -0.175. The largest absolute Gasteiger partial charge is 0.406 e. The molecule has 2 fully saturated rings. The van der Waals surface area contributed by atoms with Gasteiger partial charge in [-0.1, -0.05) is 13.8 Å². The maximum Gasteiger partial charge on any atom is 0.406 e. The van der Waals surface area contributed by atoms with Crippen LogP contribution in [-0.4, -0.2) is 41.5 Å². The van der Waals surface area contributed by atoms with Crippen molar-refractivity contribution in [2.75, 3.05) is 6.54 Å². The van der Waals surface area contributed by atoms with Gasteiger partial charge in [0.15, 0.2) is 0 Å². The second-order valence-corrected chi connectivity index (χ2v) is 6.05. The fourth-order valence-electron chi connectivity index (χ4n) is 2.60. The summed E-state index contributed by atoms with van der Waals surface area (Å²) >= 11 is 0. The molecule has 0 radical (unpaired) electrons. The van der Waals surface area contributed by atoms with E-state index < -0.39 is 36.6 Å². The Morgan fingerprint density at radius 1 is 1.30 bits per heavy atom. The van der Waals surface area contributed by atoms with Crippen molar-refractivity contribution < 1.29 is 22.8 Å². The molecular formula is C13H19F3N2O2. The van der Waals surface area contributed by atoms with E-state index in [1.54, 1.807) is 0 Å². The summed E-state index contributed by atoms with van der Waals surface area (Å²) in [7, 11) is 0. The van der Waals surface area contributed by atoms with Crippen molar-refractivity contribution in [2.24, 2.45) is 11.8 Å². The molecule has 1 aliphatic heterocycles. The van der Waals surface area contributed by atoms with Crippen LogP contribution in [0.2, 0.25) is 0 Å². The van der Waals surface area contributed by atoms with Gasteiger partial charge in [0.1, 0.15) is 18.6 Å². The molecule has 2 unspecified atom stereocenters. The van der Waals surface area contributed by atoms with Crippen LogP contribution in [0.4, 0.5) is 13.2 Å². The molecular weight excluding hydrogens is 273 g/mol. The van der Waals surface area contributed by atoms with Crippen LogP contribution in [0.15, 0.2) is 0 Å². The Labute approximate surface area is 115 Å². The van der Waals surface area contributed by atoms with Crippen molar-refractivity contribution in [2.45, 2.75) is 51.4 Å². The van der Waals surface area contributed by atoms with E-state index >= 15 is 0 Å². The predicted octanol–water partition coefficient (Wildman–Crippen LogP) is 1.70. The van der Waals surface area contributed by atoms with Crippen molar-refractivity contribution in [1.29, 1.82) is 0 Å². The Bertz CT molecular complexity index is 405. The number of hydrogen-bond acceptors (Lipinski definition) is 2. The number of nitrogens with zero attached hydrogens (tertiary/aromatic N) is 1. The standard InChI is InChI=1S/C13H19F3N2O2/c1-7(2)5-9-11(19)17-10(8-3-4-8)12(20)18(9)6-13(14,15)16/h7-10H,3-6H2,1-2H3,(H,17,19). The molecule has 0 bridgehead atoms. The second kappa shape index (κ2) is 5.26. The summed E-state index contributed by atoms with van der Waals surface area (Å²) in [6.45, 7) is 2.28. The van der Waals surface area contributed by atoms with Gasteiger partial charge in [-0.05, 0) is 31.1 Å². The molecule has 2 rings (SSSR count). The summed E-state index contributed by atoms with van der Waals surface area (Å²) in [4.78, 5) is 25.0. The number of halogens is 3. The highest BCUT2D eigenvalue weighted by Crippen LogP contribution is 2.36. The number of nitrogens with one attached hydrogen (secondary N) is 1. The first-order chi connectivity index (χ1) is 9.19. The third-order valence-electron chi connectivity index (χ3n) is 3.66. The van der Waals surface area contributed by atoms with Crippen molar-refractivity contribution >= 4 is 11.8 Å². The zero-order valence-corrected chi connectivity index (χ0v) is 11.5. The molecule has 0 spiro atoms. The first kappa shape index (κ1) is 15.1. The van der Waals surface area contributed by atoms with Crippen molar-refractivity contribution in [1.82, 2.24) is 10.2 Å². The van der Waals surface area contributed by atoms with Crippen LogP contribution in [0.5, 0.6) is 0 Å². The molecule has 20 heavy (non-hydrogen) atoms. The minimum absolute atomic E-state index is 0.00202. The summed E-state index contributed by atoms with van der Waals surface area (Å²) in [6.07, 6.45) is -2.68. The van der Waals surface area contributed by atoms with Gasteiger partial charge in [-0.2, -0.15) is 13.2 Å². The summed E-state index contributed by atoms with van der Waals surface area (Å²) in [5.41, 5.74) is 0. The highest BCUT2D eigenvalue weighted by Gasteiger charge is 2.49. The molecule has 1 saturated carbocycles. The number of carbonyl (C=O) groups excluding carboxylic acids is 2. The van der Waals surface area contributed by atoms with Gasteiger partial charge >= 0.3 is 6.18 Å². The lowest BCUT2D eigenvalue weighted by Gasteiger charge is -2.40. The number of hydrogen-bond donors (Lipinski definition) is 1. The van der Waals surface area contributed by atoms with Gasteiger partial charge in [-0.15, -0.1) is 0 Å². The van der Waals surface area contributed by atoms with Gasteiger partial charge in [0, 0.05) is 0 Å². The van der Waals surface area contributed by atoms with E-state index in [2.05, 4.69) is 5.32 Å². The molecule has 1 aliphatic carbocycles. The SMILES string of the molecule is CC(C)CC1C(=O)NC(C2CC2)C(=O)N1CC(F)(F)F. The highest BCUT2D eigenvalue weighted by molar-refractivity contribution is 5.97. The minimum atomic E-state index is -4.49. The molecule has 0 aromatic heterocycles. The summed E-state index contributed by atoms with van der Waals surface area (Å²) in [5, 5.41) is 2.60. The number of amides is 2. The van der Waals surface area contributed by atoms with Gasteiger partial charge in [0.05, 0.1) is 0 Å². The fourth-order valence-corrected chi connectivity index (χ4v) is 2.60. The summed E-state index contributed by atoms with van der Waals surface area (Å²) in [5.74, 6) is -1.01. The first-order valence-corrected chi connectivity index (χ1v) is 6.86. The van der Waals surface area contributed by atoms with E-state index in [1.165, 1.54) is 0 Å². The third-order valence-corrected chi connectivity index (χ3v) is 3.66. The Morgan fingerprint density at radius 2 is 1.90 bits per heavy atom. The van der Waals surface area contributed by atoms with Gasteiger partial charge in [-0.3, -0.25) is 9.59 Å². The highest BCUT2D eigenvalue weighted by atomic mass is 19.4. The van der Waals surface area contributed by atoms with Crippen molar-refractivity contribution in [3.8, 4) is 0 Å². The normalized spacial score (nSPS) is 28.0. The lowest BCUT2D eigenvalue weighted by Crippen LogP contribution is -2.65. The Balaban J connectivity index is 2.20. The molecule has 1 N–H and O–H groups in total. The molecule has 0 aromatic rings. The number of rotatable bonds is 4. The molecule has 2 amide bonds. The molecule has 0 aromatic carbocycles. The Morgan fingerprint density at radius 3 is 2.35 bits per heavy atom. The topological polar surface area (TPSA) is 49.4 Å². The molecule has 114 valence electrons. The fraction of sp³-hybridized carbons (Fsp3) is 0.846. The zero-order valence-electron chi connectivity index (χ0n) is 11.5. The summed E-state index contributed by atoms with van der Waals surface area (Å²) < 4.78 is 38.0. The quantitative estimate of drug-likeness (QED) is 0.857. The van der Waals surface area contributed by atoms with E-state index in [0.717, 1.165) is 17.7 Å². The Hall–Kier alpha value is -1.27. The minimum Gasteiger partial charge on any atom is -0.342 e. The van der Waals surface area contributed by atoms with Crippen molar-refractivity contribution in [3.05, 3.63) is 0 Å². The maximum atomic E-state index is 12.7. The van der Waals surface area contributed by atoms with E-state index in [-0.39, 0.29) is 18.3 Å². The monoisotopic (exact) mass is 292 g/mol. The second-order valence-electron chi connectivity index (χ2n) is 6.05. The summed E-state index contributed by atoms with van der Waals surface area (Å²) in [6, 6.07) is -1.78. The third kappa shape index (κ3) is 3.43. The van der Waals surface area contributed by atoms with E-state index in [0.29, 0.717) is 0 Å². The van der Waals surface area contributed by atoms with Crippen LogP contribution in [0.3, 0.4) is 0 Å². The maximum absolute atomic E-state index is 12.7. The van der Waals surface area contributed by atoms with E-state index in [4.69, 9.17) is 0 Å². The molecule has 1 saturated heterocycles. The van der Waals surface area contributed by atoms with Crippen LogP contribution in [0, 0.1) is 11.8 Å². The van der Waals surface area contributed by atoms with Gasteiger partial charge in [0.2, 0.25) is 11.8 Å². The predicted molar refractivity (Wildman–Crippen MR) is 65.7 cm³/mol. The van der Waals surface area contributed by atoms with Crippen LogP contribution in [0.25, 0.3) is 0 Å². The molecule has 4 nitrogen and oxygen atoms in total. The number of carbonyl (C=O) groups is 2. The van der Waals surface area contributed by atoms with Crippen LogP contribution < -0.4 is 5.32 Å². The number of piperazine rings is 1. The average molecular weight is 292 g/mol. The van der Waals surface area contributed by atoms with Crippen LogP contribution in [0.1, 0.15) is 33.1 Å². The van der Waals surface area contributed by atoms with E-state index in [9.17, 15) is 22.8 Å². The van der Waals surface area contributed by atoms with Crippen molar-refractivity contribution in [3.63, 3.8) is 0 Å². The zero-order chi connectivity index (χ0) is 15.1. The molecule has 2 aliphatic rings. The van der Waals surface area contributed by atoms with Crippen LogP contribution >= 0.6 is 0 Å². The first-order valence-electron chi connectivity index (χ1n) is 6.86. The van der Waals surface area contributed by atoms with Gasteiger partial charge in [0.25, 0.3) is 0 Å². The van der Waals surface area contributed by atoms with E-state index in [1.807, 2.05) is 13.8 Å². The van der Waals surface area contributed by atoms with Gasteiger partial charge in [-0.25, -0.2) is 0 Å². The molecule has 2 atom stereocenters. The van der Waals surface area contributed by atoms with Gasteiger partial charge < -0.3 is 10.2 Å². The average Bonchev–Trinajstić information content (AvgIpc) is 3.10.